The number of hydrogen-bond donors (Lipinski definition) is 3. The Morgan fingerprint density at radius 1 is 1.35 bits per heavy atom. The number of methoxy groups -OCH3 is 1. The molecule has 11 nitrogen and oxygen atoms in total. The first-order valence-electron chi connectivity index (χ1n) is 10.4. The van der Waals surface area contributed by atoms with Gasteiger partial charge >= 0.3 is 6.03 Å². The van der Waals surface area contributed by atoms with Crippen molar-refractivity contribution in [2.24, 2.45) is 13.0 Å². The summed E-state index contributed by atoms with van der Waals surface area (Å²) >= 11 is 5.93. The number of sulfonamides is 1. The van der Waals surface area contributed by atoms with Crippen LogP contribution in [-0.4, -0.2) is 73.9 Å². The molecule has 0 saturated carbocycles. The van der Waals surface area contributed by atoms with Gasteiger partial charge in [-0.25, -0.2) is 22.6 Å². The minimum Gasteiger partial charge on any atom is -0.383 e. The second-order valence-corrected chi connectivity index (χ2v) is 10.1. The van der Waals surface area contributed by atoms with Crippen molar-refractivity contribution in [1.82, 2.24) is 30.0 Å². The minimum atomic E-state index is -3.95. The molecule has 0 bridgehead atoms. The Morgan fingerprint density at radius 3 is 2.79 bits per heavy atom. The Labute approximate surface area is 201 Å². The summed E-state index contributed by atoms with van der Waals surface area (Å²) in [7, 11) is -0.677. The quantitative estimate of drug-likeness (QED) is 0.338. The molecule has 186 valence electrons. The molecule has 1 fully saturated rings. The van der Waals surface area contributed by atoms with E-state index in [2.05, 4.69) is 10.3 Å². The minimum absolute atomic E-state index is 0.254. The van der Waals surface area contributed by atoms with Gasteiger partial charge in [0.25, 0.3) is 5.91 Å². The molecule has 0 aliphatic carbocycles. The Hall–Kier alpha value is -2.74. The number of carbonyl (C=O) groups is 2. The average Bonchev–Trinajstić information content (AvgIpc) is 3.43. The van der Waals surface area contributed by atoms with Crippen molar-refractivity contribution in [3.8, 4) is 11.3 Å². The summed E-state index contributed by atoms with van der Waals surface area (Å²) in [5.41, 5.74) is 2.46. The van der Waals surface area contributed by atoms with Crippen LogP contribution in [0, 0.1) is 11.7 Å². The fraction of sp³-hybridized carbons (Fsp3) is 0.450. The highest BCUT2D eigenvalue weighted by Gasteiger charge is 2.30. The first kappa shape index (κ1) is 25.9. The maximum absolute atomic E-state index is 14.5. The van der Waals surface area contributed by atoms with Crippen molar-refractivity contribution >= 4 is 33.6 Å². The number of urea groups is 1. The Morgan fingerprint density at radius 2 is 2.12 bits per heavy atom. The number of hydrazine groups is 1. The molecule has 1 aliphatic heterocycles. The number of likely N-dealkylation sites (tertiary alicyclic amines) is 1. The molecule has 1 aromatic carbocycles. The summed E-state index contributed by atoms with van der Waals surface area (Å²) < 4.78 is 45.9. The Bertz CT molecular complexity index is 1160. The average molecular weight is 517 g/mol. The fourth-order valence-corrected chi connectivity index (χ4v) is 4.98. The van der Waals surface area contributed by atoms with Gasteiger partial charge in [0.2, 0.25) is 10.0 Å². The number of hydrogen-bond acceptors (Lipinski definition) is 6. The van der Waals surface area contributed by atoms with E-state index in [-0.39, 0.29) is 29.3 Å². The molecule has 34 heavy (non-hydrogen) atoms. The normalized spacial score (nSPS) is 16.0. The van der Waals surface area contributed by atoms with Gasteiger partial charge in [0.15, 0.2) is 5.82 Å². The molecular weight excluding hydrogens is 491 g/mol. The van der Waals surface area contributed by atoms with Gasteiger partial charge in [-0.3, -0.25) is 10.2 Å². The maximum Gasteiger partial charge on any atom is 0.317 e. The SMILES string of the molecule is COCCNC(=O)N1CCC(CS(=O)(=O)NNC(=O)c2cc(-c3cn(C)cn3)cc(Cl)c2F)C1. The third-order valence-corrected chi connectivity index (χ3v) is 6.80. The summed E-state index contributed by atoms with van der Waals surface area (Å²) in [5, 5.41) is 2.38. The van der Waals surface area contributed by atoms with E-state index in [1.807, 2.05) is 10.3 Å². The molecule has 0 spiro atoms. The third-order valence-electron chi connectivity index (χ3n) is 5.20. The van der Waals surface area contributed by atoms with Gasteiger partial charge in [0.05, 0.1) is 35.0 Å². The molecule has 2 heterocycles. The number of aryl methyl sites for hydroxylation is 1. The lowest BCUT2D eigenvalue weighted by Gasteiger charge is -2.17. The predicted molar refractivity (Wildman–Crippen MR) is 123 cm³/mol. The van der Waals surface area contributed by atoms with Gasteiger partial charge in [-0.1, -0.05) is 11.6 Å². The number of aromatic nitrogens is 2. The second-order valence-electron chi connectivity index (χ2n) is 7.91. The summed E-state index contributed by atoms with van der Waals surface area (Å²) in [6.45, 7) is 1.39. The van der Waals surface area contributed by atoms with Crippen molar-refractivity contribution in [2.45, 2.75) is 6.42 Å². The summed E-state index contributed by atoms with van der Waals surface area (Å²) in [5.74, 6) is -2.62. The van der Waals surface area contributed by atoms with Gasteiger partial charge < -0.3 is 19.5 Å². The van der Waals surface area contributed by atoms with Crippen molar-refractivity contribution in [2.75, 3.05) is 39.1 Å². The van der Waals surface area contributed by atoms with Crippen LogP contribution in [-0.2, 0) is 21.8 Å². The van der Waals surface area contributed by atoms with E-state index in [0.29, 0.717) is 37.4 Å². The number of nitrogens with zero attached hydrogens (tertiary/aromatic N) is 3. The molecule has 1 saturated heterocycles. The maximum atomic E-state index is 14.5. The predicted octanol–water partition coefficient (Wildman–Crippen LogP) is 1.12. The zero-order chi connectivity index (χ0) is 24.9. The number of carbonyl (C=O) groups excluding carboxylic acids is 2. The number of halogens is 2. The lowest BCUT2D eigenvalue weighted by molar-refractivity contribution is 0.0941. The van der Waals surface area contributed by atoms with Crippen molar-refractivity contribution in [3.05, 3.63) is 41.1 Å². The third kappa shape index (κ3) is 6.65. The van der Waals surface area contributed by atoms with Gasteiger partial charge in [-0.15, -0.1) is 4.83 Å². The van der Waals surface area contributed by atoms with E-state index < -0.39 is 27.3 Å². The van der Waals surface area contributed by atoms with E-state index >= 15 is 0 Å². The van der Waals surface area contributed by atoms with Gasteiger partial charge in [0, 0.05) is 45.6 Å². The standard InChI is InChI=1S/C20H26ClFN6O5S/c1-27-10-17(24-12-27)14-7-15(18(22)16(21)8-14)19(29)25-26-34(31,32)11-13-3-5-28(9-13)20(30)23-4-6-33-2/h7-8,10,12-13,26H,3-6,9,11H2,1-2H3,(H,23,30)(H,25,29). The van der Waals surface area contributed by atoms with Crippen LogP contribution >= 0.6 is 11.6 Å². The highest BCUT2D eigenvalue weighted by molar-refractivity contribution is 7.89. The number of rotatable bonds is 9. The zero-order valence-corrected chi connectivity index (χ0v) is 20.2. The molecule has 3 amide bonds. The Kier molecular flexibility index (Phi) is 8.47. The van der Waals surface area contributed by atoms with Gasteiger partial charge in [0.1, 0.15) is 0 Å². The zero-order valence-electron chi connectivity index (χ0n) is 18.7. The van der Waals surface area contributed by atoms with Gasteiger partial charge in [-0.2, -0.15) is 0 Å². The van der Waals surface area contributed by atoms with Crippen molar-refractivity contribution in [1.29, 1.82) is 0 Å². The van der Waals surface area contributed by atoms with Crippen LogP contribution in [0.1, 0.15) is 16.8 Å². The molecule has 3 rings (SSSR count). The number of nitrogens with one attached hydrogen (secondary N) is 3. The monoisotopic (exact) mass is 516 g/mol. The highest BCUT2D eigenvalue weighted by Crippen LogP contribution is 2.27. The second kappa shape index (κ2) is 11.1. The first-order chi connectivity index (χ1) is 16.1. The molecular formula is C20H26ClFN6O5S. The highest BCUT2D eigenvalue weighted by atomic mass is 35.5. The van der Waals surface area contributed by atoms with E-state index in [1.165, 1.54) is 30.5 Å². The van der Waals surface area contributed by atoms with E-state index in [1.54, 1.807) is 17.8 Å². The summed E-state index contributed by atoms with van der Waals surface area (Å²) in [6, 6.07) is 2.28. The lowest BCUT2D eigenvalue weighted by Crippen LogP contribution is -2.44. The lowest BCUT2D eigenvalue weighted by atomic mass is 10.1. The van der Waals surface area contributed by atoms with Crippen LogP contribution < -0.4 is 15.6 Å². The van der Waals surface area contributed by atoms with Crippen LogP contribution in [0.3, 0.4) is 0 Å². The molecule has 1 aliphatic rings. The van der Waals surface area contributed by atoms with Crippen molar-refractivity contribution in [3.63, 3.8) is 0 Å². The Balaban J connectivity index is 1.58. The number of benzene rings is 1. The van der Waals surface area contributed by atoms with Crippen LogP contribution in [0.15, 0.2) is 24.7 Å². The number of amides is 3. The van der Waals surface area contributed by atoms with Crippen molar-refractivity contribution < 1.29 is 27.1 Å². The van der Waals surface area contributed by atoms with Crippen LogP contribution in [0.4, 0.5) is 9.18 Å². The van der Waals surface area contributed by atoms with E-state index in [9.17, 15) is 22.4 Å². The van der Waals surface area contributed by atoms with E-state index in [4.69, 9.17) is 16.3 Å². The molecule has 1 atom stereocenters. The van der Waals surface area contributed by atoms with Crippen LogP contribution in [0.25, 0.3) is 11.3 Å². The number of ether oxygens (including phenoxy) is 1. The smallest absolute Gasteiger partial charge is 0.317 e. The summed E-state index contributed by atoms with van der Waals surface area (Å²) in [4.78, 5) is 32.3. The van der Waals surface area contributed by atoms with Gasteiger partial charge in [-0.05, 0) is 24.5 Å². The topological polar surface area (TPSA) is 135 Å². The fourth-order valence-electron chi connectivity index (χ4n) is 3.53. The van der Waals surface area contributed by atoms with Crippen LogP contribution in [0.5, 0.6) is 0 Å². The molecule has 14 heteroatoms. The molecule has 1 unspecified atom stereocenters. The van der Waals surface area contributed by atoms with E-state index in [0.717, 1.165) is 0 Å². The van der Waals surface area contributed by atoms with Crippen LogP contribution in [0.2, 0.25) is 5.02 Å². The number of imidazole rings is 1. The molecule has 0 radical (unpaired) electrons. The first-order valence-corrected chi connectivity index (χ1v) is 12.4. The molecule has 1 aromatic heterocycles. The molecule has 2 aromatic rings. The molecule has 3 N–H and O–H groups in total. The summed E-state index contributed by atoms with van der Waals surface area (Å²) in [6.07, 6.45) is 3.69. The largest absolute Gasteiger partial charge is 0.383 e.